The number of hydrogen-bond acceptors (Lipinski definition) is 2. The zero-order chi connectivity index (χ0) is 30.6. The van der Waals surface area contributed by atoms with Crippen molar-refractivity contribution < 1.29 is 17.9 Å². The normalized spacial score (nSPS) is 12.4. The molecule has 40 heavy (non-hydrogen) atoms. The van der Waals surface area contributed by atoms with E-state index in [4.69, 9.17) is 10.1 Å². The molecule has 0 aliphatic heterocycles. The second-order valence-corrected chi connectivity index (χ2v) is 12.3. The summed E-state index contributed by atoms with van der Waals surface area (Å²) in [5.74, 6) is -2.08. The predicted molar refractivity (Wildman–Crippen MR) is 162 cm³/mol. The molecular weight excluding hydrogens is 507 g/mol. The fourth-order valence-electron chi connectivity index (χ4n) is 4.72. The summed E-state index contributed by atoms with van der Waals surface area (Å²) >= 11 is 0. The molecule has 0 bridgehead atoms. The minimum atomic E-state index is -0.879. The zero-order valence-corrected chi connectivity index (χ0v) is 26.1. The van der Waals surface area contributed by atoms with E-state index < -0.39 is 23.6 Å². The number of nitrogens with one attached hydrogen (secondary N) is 1. The van der Waals surface area contributed by atoms with E-state index in [2.05, 4.69) is 47.6 Å². The van der Waals surface area contributed by atoms with Gasteiger partial charge >= 0.3 is 0 Å². The van der Waals surface area contributed by atoms with E-state index in [0.29, 0.717) is 17.7 Å². The summed E-state index contributed by atoms with van der Waals surface area (Å²) in [7, 11) is 0. The standard InChI is InChI=1S/C33H40F3NO.C2H6/c1-19-12-10-11-13-22(19)15-25(17-26-29(35)20(2)28(34)21(3)30(26)36)38-31-23(18-37)14-24(32(4,5)6)16-27(31)33(7,8)9;1-2/h10-14,16,18,25,37H,15,17H2,1-9H3;1-2H3/t25-;/m1./s1. The first-order chi connectivity index (χ1) is 18.6. The molecule has 0 amide bonds. The summed E-state index contributed by atoms with van der Waals surface area (Å²) < 4.78 is 51.6. The summed E-state index contributed by atoms with van der Waals surface area (Å²) in [6, 6.07) is 11.9. The molecule has 3 aromatic rings. The number of hydrogen-bond donors (Lipinski definition) is 1. The van der Waals surface area contributed by atoms with Gasteiger partial charge in [-0.15, -0.1) is 0 Å². The summed E-state index contributed by atoms with van der Waals surface area (Å²) in [5, 5.41) is 8.19. The topological polar surface area (TPSA) is 33.1 Å². The molecule has 1 atom stereocenters. The first-order valence-corrected chi connectivity index (χ1v) is 14.1. The monoisotopic (exact) mass is 553 g/mol. The average Bonchev–Trinajstić information content (AvgIpc) is 2.89. The zero-order valence-electron chi connectivity index (χ0n) is 26.1. The predicted octanol–water partition coefficient (Wildman–Crippen LogP) is 9.88. The summed E-state index contributed by atoms with van der Waals surface area (Å²) in [5.41, 5.74) is 3.61. The van der Waals surface area contributed by atoms with Crippen LogP contribution in [0.3, 0.4) is 0 Å². The third kappa shape index (κ3) is 7.35. The van der Waals surface area contributed by atoms with Gasteiger partial charge in [-0.2, -0.15) is 0 Å². The third-order valence-corrected chi connectivity index (χ3v) is 7.22. The van der Waals surface area contributed by atoms with Gasteiger partial charge < -0.3 is 10.1 Å². The molecule has 218 valence electrons. The maximum absolute atomic E-state index is 15.2. The van der Waals surface area contributed by atoms with Crippen molar-refractivity contribution in [2.45, 2.75) is 106 Å². The molecule has 0 heterocycles. The Morgan fingerprint density at radius 3 is 1.82 bits per heavy atom. The largest absolute Gasteiger partial charge is 0.489 e. The van der Waals surface area contributed by atoms with Crippen molar-refractivity contribution in [3.05, 3.63) is 98.4 Å². The first kappa shape index (κ1) is 33.1. The molecule has 3 aromatic carbocycles. The SMILES string of the molecule is CC.Cc1ccccc1C[C@H](Cc1c(F)c(C)c(F)c(C)c1F)Oc1c(C=N)cc(C(C)(C)C)cc1C(C)(C)C. The van der Waals surface area contributed by atoms with E-state index >= 15 is 8.78 Å². The number of benzene rings is 3. The minimum absolute atomic E-state index is 0.0873. The van der Waals surface area contributed by atoms with Gasteiger partial charge in [0.1, 0.15) is 29.3 Å². The second-order valence-electron chi connectivity index (χ2n) is 12.3. The smallest absolute Gasteiger partial charge is 0.135 e. The Hall–Kier alpha value is -3.08. The molecule has 0 unspecified atom stereocenters. The van der Waals surface area contributed by atoms with E-state index in [1.165, 1.54) is 20.1 Å². The van der Waals surface area contributed by atoms with E-state index in [-0.39, 0.29) is 33.9 Å². The van der Waals surface area contributed by atoms with Gasteiger partial charge in [-0.25, -0.2) is 13.2 Å². The Balaban J connectivity index is 0.00000274. The van der Waals surface area contributed by atoms with Crippen LogP contribution in [0, 0.1) is 43.6 Å². The van der Waals surface area contributed by atoms with E-state index in [1.807, 2.05) is 51.1 Å². The Kier molecular flexibility index (Phi) is 10.8. The molecule has 0 aromatic heterocycles. The van der Waals surface area contributed by atoms with Crippen LogP contribution in [0.2, 0.25) is 0 Å². The van der Waals surface area contributed by atoms with Crippen molar-refractivity contribution in [3.63, 3.8) is 0 Å². The van der Waals surface area contributed by atoms with Crippen LogP contribution in [-0.4, -0.2) is 12.3 Å². The quantitative estimate of drug-likeness (QED) is 0.290. The fourth-order valence-corrected chi connectivity index (χ4v) is 4.72. The van der Waals surface area contributed by atoms with Gasteiger partial charge in [0.25, 0.3) is 0 Å². The molecular formula is C35H46F3NO. The van der Waals surface area contributed by atoms with Crippen LogP contribution < -0.4 is 4.74 Å². The second kappa shape index (κ2) is 13.1. The lowest BCUT2D eigenvalue weighted by atomic mass is 9.79. The molecule has 0 aliphatic carbocycles. The molecule has 0 spiro atoms. The molecule has 0 aliphatic rings. The molecule has 0 saturated heterocycles. The van der Waals surface area contributed by atoms with E-state index in [0.717, 1.165) is 22.3 Å². The van der Waals surface area contributed by atoms with Gasteiger partial charge in [-0.1, -0.05) is 85.7 Å². The number of ether oxygens (including phenoxy) is 1. The van der Waals surface area contributed by atoms with Crippen molar-refractivity contribution in [2.75, 3.05) is 0 Å². The number of halogens is 3. The van der Waals surface area contributed by atoms with Gasteiger partial charge in [-0.3, -0.25) is 0 Å². The highest BCUT2D eigenvalue weighted by Gasteiger charge is 2.29. The van der Waals surface area contributed by atoms with Gasteiger partial charge in [0.05, 0.1) is 0 Å². The molecule has 0 fully saturated rings. The van der Waals surface area contributed by atoms with Crippen molar-refractivity contribution in [3.8, 4) is 5.75 Å². The average molecular weight is 554 g/mol. The third-order valence-electron chi connectivity index (χ3n) is 7.22. The van der Waals surface area contributed by atoms with Gasteiger partial charge in [0.15, 0.2) is 0 Å². The van der Waals surface area contributed by atoms with Gasteiger partial charge in [-0.05, 0) is 54.4 Å². The summed E-state index contributed by atoms with van der Waals surface area (Å²) in [6.07, 6.45) is 0.918. The Bertz CT molecular complexity index is 1320. The number of aryl methyl sites for hydroxylation is 1. The van der Waals surface area contributed by atoms with Gasteiger partial charge in [0, 0.05) is 46.9 Å². The van der Waals surface area contributed by atoms with Crippen molar-refractivity contribution in [2.24, 2.45) is 0 Å². The first-order valence-electron chi connectivity index (χ1n) is 14.1. The van der Waals surface area contributed by atoms with Crippen LogP contribution in [0.5, 0.6) is 5.75 Å². The van der Waals surface area contributed by atoms with Gasteiger partial charge in [0.2, 0.25) is 0 Å². The van der Waals surface area contributed by atoms with Crippen molar-refractivity contribution >= 4 is 6.21 Å². The van der Waals surface area contributed by atoms with Crippen molar-refractivity contribution in [1.29, 1.82) is 5.41 Å². The van der Waals surface area contributed by atoms with Crippen LogP contribution >= 0.6 is 0 Å². The summed E-state index contributed by atoms with van der Waals surface area (Å²) in [4.78, 5) is 0. The Morgan fingerprint density at radius 2 is 1.35 bits per heavy atom. The molecule has 5 heteroatoms. The lowest BCUT2D eigenvalue weighted by molar-refractivity contribution is 0.194. The molecule has 0 saturated carbocycles. The highest BCUT2D eigenvalue weighted by molar-refractivity contribution is 5.83. The highest BCUT2D eigenvalue weighted by Crippen LogP contribution is 2.39. The molecule has 0 radical (unpaired) electrons. The van der Waals surface area contributed by atoms with Crippen LogP contribution in [-0.2, 0) is 23.7 Å². The Morgan fingerprint density at radius 1 is 0.800 bits per heavy atom. The fraction of sp³-hybridized carbons (Fsp3) is 0.457. The van der Waals surface area contributed by atoms with Crippen LogP contribution in [0.25, 0.3) is 0 Å². The Labute approximate surface area is 239 Å². The van der Waals surface area contributed by atoms with Crippen LogP contribution in [0.15, 0.2) is 36.4 Å². The van der Waals surface area contributed by atoms with Crippen molar-refractivity contribution in [1.82, 2.24) is 0 Å². The number of rotatable bonds is 7. The molecule has 1 N–H and O–H groups in total. The van der Waals surface area contributed by atoms with Crippen LogP contribution in [0.4, 0.5) is 13.2 Å². The summed E-state index contributed by atoms with van der Waals surface area (Å²) in [6.45, 7) is 21.2. The highest BCUT2D eigenvalue weighted by atomic mass is 19.1. The maximum atomic E-state index is 15.2. The van der Waals surface area contributed by atoms with E-state index in [9.17, 15) is 4.39 Å². The molecule has 2 nitrogen and oxygen atoms in total. The minimum Gasteiger partial charge on any atom is -0.489 e. The van der Waals surface area contributed by atoms with E-state index in [1.54, 1.807) is 0 Å². The lowest BCUT2D eigenvalue weighted by Crippen LogP contribution is -2.28. The van der Waals surface area contributed by atoms with Crippen LogP contribution in [0.1, 0.15) is 99.9 Å². The maximum Gasteiger partial charge on any atom is 0.135 e. The molecule has 3 rings (SSSR count). The lowest BCUT2D eigenvalue weighted by Gasteiger charge is -2.31.